The molecule has 16 heavy (non-hydrogen) atoms. The van der Waals surface area contributed by atoms with Crippen molar-refractivity contribution in [3.63, 3.8) is 0 Å². The molecule has 3 N–H and O–H groups in total. The quantitative estimate of drug-likeness (QED) is 0.272. The third kappa shape index (κ3) is 46500. The van der Waals surface area contributed by atoms with Crippen LogP contribution in [0, 0.1) is 0 Å². The molecule has 0 rings (SSSR count). The van der Waals surface area contributed by atoms with E-state index in [9.17, 15) is 16.9 Å². The van der Waals surface area contributed by atoms with Crippen molar-refractivity contribution >= 4 is 18.4 Å². The Morgan fingerprint density at radius 1 is 1.12 bits per heavy atom. The second-order valence-electron chi connectivity index (χ2n) is 1.42. The highest BCUT2D eigenvalue weighted by atomic mass is 32.3. The van der Waals surface area contributed by atoms with E-state index >= 15 is 0 Å². The standard InChI is InChI=1S/2C2H5F.FH2O3P.FHO3S/c2*1-2-3;2*1-5(2,3)4/h2*2H2,1H3;(H2,2,3,4);(H,2,3,4). The Bertz CT molecular complexity index is 233. The first-order valence-electron chi connectivity index (χ1n) is 3.37. The van der Waals surface area contributed by atoms with Gasteiger partial charge in [-0.15, -0.1) is 4.20 Å². The molecular formula is C4H13F4O6PS. The molecule has 0 bridgehead atoms. The Labute approximate surface area is 90.6 Å². The molecule has 0 saturated carbocycles. The van der Waals surface area contributed by atoms with E-state index < -0.39 is 18.4 Å². The van der Waals surface area contributed by atoms with E-state index in [1.165, 1.54) is 13.8 Å². The summed E-state index contributed by atoms with van der Waals surface area (Å²) in [4.78, 5) is 13.9. The zero-order valence-electron chi connectivity index (χ0n) is 8.35. The molecular weight excluding hydrogens is 283 g/mol. The lowest BCUT2D eigenvalue weighted by atomic mass is 10.9. The lowest BCUT2D eigenvalue weighted by molar-refractivity contribution is 0.322. The van der Waals surface area contributed by atoms with Crippen molar-refractivity contribution in [3.05, 3.63) is 0 Å². The molecule has 0 aliphatic heterocycles. The second kappa shape index (κ2) is 14.8. The first kappa shape index (κ1) is 24.8. The largest absolute Gasteiger partial charge is 0.507 e. The summed E-state index contributed by atoms with van der Waals surface area (Å²) in [5.74, 6) is 0. The van der Waals surface area contributed by atoms with Crippen molar-refractivity contribution in [2.24, 2.45) is 0 Å². The summed E-state index contributed by atoms with van der Waals surface area (Å²) in [6.07, 6.45) is 0. The van der Waals surface area contributed by atoms with E-state index in [2.05, 4.69) is 0 Å². The van der Waals surface area contributed by atoms with Crippen LogP contribution in [0.2, 0.25) is 0 Å². The number of halogens is 4. The molecule has 0 aromatic carbocycles. The van der Waals surface area contributed by atoms with Crippen molar-refractivity contribution in [2.75, 3.05) is 13.3 Å². The minimum absolute atomic E-state index is 0.250. The topological polar surface area (TPSA) is 112 Å². The van der Waals surface area contributed by atoms with Gasteiger partial charge in [-0.1, -0.05) is 3.89 Å². The summed E-state index contributed by atoms with van der Waals surface area (Å²) in [6.45, 7) is 2.42. The molecule has 12 heteroatoms. The van der Waals surface area contributed by atoms with E-state index in [1.807, 2.05) is 0 Å². The predicted octanol–water partition coefficient (Wildman–Crippen LogP) is 1.76. The SMILES string of the molecule is CCF.CCF.O=P(O)(O)F.O=S(=O)(O)F. The molecule has 0 aliphatic rings. The summed E-state index contributed by atoms with van der Waals surface area (Å²) in [5.41, 5.74) is 0. The van der Waals surface area contributed by atoms with Gasteiger partial charge in [0.25, 0.3) is 0 Å². The fourth-order valence-corrected chi connectivity index (χ4v) is 0. The highest BCUT2D eigenvalue weighted by Gasteiger charge is 2.04. The maximum Gasteiger partial charge on any atom is 0.507 e. The van der Waals surface area contributed by atoms with Crippen LogP contribution < -0.4 is 0 Å². The molecule has 0 heterocycles. The second-order valence-corrected chi connectivity index (χ2v) is 3.19. The summed E-state index contributed by atoms with van der Waals surface area (Å²) >= 11 is 0. The smallest absolute Gasteiger partial charge is 0.299 e. The van der Waals surface area contributed by atoms with Crippen molar-refractivity contribution < 1.29 is 44.2 Å². The maximum absolute atomic E-state index is 10.4. The molecule has 104 valence electrons. The highest BCUT2D eigenvalue weighted by Crippen LogP contribution is 2.34. The monoisotopic (exact) mass is 296 g/mol. The fourth-order valence-electron chi connectivity index (χ4n) is 0. The van der Waals surface area contributed by atoms with E-state index in [0.29, 0.717) is 0 Å². The van der Waals surface area contributed by atoms with Crippen molar-refractivity contribution in [2.45, 2.75) is 13.8 Å². The molecule has 0 aromatic heterocycles. The van der Waals surface area contributed by atoms with E-state index in [4.69, 9.17) is 27.3 Å². The summed E-state index contributed by atoms with van der Waals surface area (Å²) in [5, 5.41) is 0. The van der Waals surface area contributed by atoms with Crippen LogP contribution in [0.5, 0.6) is 0 Å². The van der Waals surface area contributed by atoms with Gasteiger partial charge in [0.1, 0.15) is 0 Å². The molecule has 0 spiro atoms. The van der Waals surface area contributed by atoms with Gasteiger partial charge in [0, 0.05) is 0 Å². The summed E-state index contributed by atoms with van der Waals surface area (Å²) in [7, 11) is -10.3. The molecule has 6 nitrogen and oxygen atoms in total. The van der Waals surface area contributed by atoms with Crippen molar-refractivity contribution in [3.8, 4) is 0 Å². The van der Waals surface area contributed by atoms with Gasteiger partial charge in [-0.25, -0.2) is 4.57 Å². The summed E-state index contributed by atoms with van der Waals surface area (Å²) in [6, 6.07) is 0. The predicted molar refractivity (Wildman–Crippen MR) is 49.1 cm³/mol. The van der Waals surface area contributed by atoms with Gasteiger partial charge in [-0.3, -0.25) is 23.1 Å². The first-order valence-corrected chi connectivity index (χ1v) is 6.21. The van der Waals surface area contributed by atoms with Gasteiger partial charge < -0.3 is 0 Å². The maximum atomic E-state index is 10.4. The van der Waals surface area contributed by atoms with E-state index in [-0.39, 0.29) is 13.3 Å². The minimum Gasteiger partial charge on any atom is -0.299 e. The van der Waals surface area contributed by atoms with Gasteiger partial charge in [0.2, 0.25) is 0 Å². The zero-order valence-corrected chi connectivity index (χ0v) is 10.1. The Balaban J connectivity index is -0.0000000621. The third-order valence-electron chi connectivity index (χ3n) is 0. The Kier molecular flexibility index (Phi) is 22.9. The molecule has 0 unspecified atom stereocenters. The van der Waals surface area contributed by atoms with Crippen LogP contribution in [0.4, 0.5) is 16.9 Å². The van der Waals surface area contributed by atoms with Crippen LogP contribution >= 0.6 is 7.91 Å². The van der Waals surface area contributed by atoms with Crippen LogP contribution in [-0.2, 0) is 15.1 Å². The summed E-state index contributed by atoms with van der Waals surface area (Å²) < 4.78 is 73.7. The van der Waals surface area contributed by atoms with Gasteiger partial charge in [0.05, 0.1) is 13.3 Å². The molecule has 0 saturated heterocycles. The molecule has 0 atom stereocenters. The lowest BCUT2D eigenvalue weighted by Crippen LogP contribution is -1.80. The van der Waals surface area contributed by atoms with Crippen LogP contribution in [0.1, 0.15) is 13.8 Å². The fraction of sp³-hybridized carbons (Fsp3) is 1.00. The average Bonchev–Trinajstić information content (AvgIpc) is 1.79. The molecule has 0 radical (unpaired) electrons. The van der Waals surface area contributed by atoms with Crippen LogP contribution in [0.3, 0.4) is 0 Å². The van der Waals surface area contributed by atoms with Gasteiger partial charge in [-0.2, -0.15) is 8.42 Å². The van der Waals surface area contributed by atoms with Gasteiger partial charge in [-0.05, 0) is 13.8 Å². The van der Waals surface area contributed by atoms with E-state index in [1.54, 1.807) is 0 Å². The Hall–Kier alpha value is -0.220. The van der Waals surface area contributed by atoms with Crippen molar-refractivity contribution in [1.29, 1.82) is 0 Å². The number of alkyl halides is 2. The average molecular weight is 296 g/mol. The van der Waals surface area contributed by atoms with Crippen LogP contribution in [-0.4, -0.2) is 36.1 Å². The molecule has 0 aromatic rings. The molecule has 0 amide bonds. The number of hydrogen-bond acceptors (Lipinski definition) is 3. The van der Waals surface area contributed by atoms with E-state index in [0.717, 1.165) is 0 Å². The normalized spacial score (nSPS) is 9.56. The highest BCUT2D eigenvalue weighted by molar-refractivity contribution is 7.80. The lowest BCUT2D eigenvalue weighted by Gasteiger charge is -1.77. The zero-order chi connectivity index (χ0) is 14.4. The minimum atomic E-state index is -5.17. The van der Waals surface area contributed by atoms with Gasteiger partial charge in [0.15, 0.2) is 0 Å². The molecule has 0 fully saturated rings. The Morgan fingerprint density at radius 2 is 1.12 bits per heavy atom. The number of hydrogen-bond donors (Lipinski definition) is 3. The van der Waals surface area contributed by atoms with Crippen LogP contribution in [0.25, 0.3) is 0 Å². The number of rotatable bonds is 0. The van der Waals surface area contributed by atoms with Crippen molar-refractivity contribution in [1.82, 2.24) is 0 Å². The van der Waals surface area contributed by atoms with Crippen LogP contribution in [0.15, 0.2) is 0 Å². The first-order chi connectivity index (χ1) is 6.83. The molecule has 0 aliphatic carbocycles. The third-order valence-corrected chi connectivity index (χ3v) is 0. The Morgan fingerprint density at radius 3 is 1.12 bits per heavy atom. The van der Waals surface area contributed by atoms with Gasteiger partial charge >= 0.3 is 18.4 Å².